The first kappa shape index (κ1) is 14.2. The molecule has 1 unspecified atom stereocenters. The van der Waals surface area contributed by atoms with E-state index in [0.717, 1.165) is 0 Å². The Balaban J connectivity index is 2.32. The van der Waals surface area contributed by atoms with Gasteiger partial charge in [-0.1, -0.05) is 6.92 Å². The van der Waals surface area contributed by atoms with Gasteiger partial charge in [0, 0.05) is 13.1 Å². The summed E-state index contributed by atoms with van der Waals surface area (Å²) >= 11 is 0. The van der Waals surface area contributed by atoms with E-state index in [0.29, 0.717) is 25.3 Å². The van der Waals surface area contributed by atoms with Gasteiger partial charge < -0.3 is 20.1 Å². The predicted molar refractivity (Wildman–Crippen MR) is 72.8 cm³/mol. The topological polar surface area (TPSA) is 78.9 Å². The van der Waals surface area contributed by atoms with E-state index in [4.69, 9.17) is 4.74 Å². The smallest absolute Gasteiger partial charge is 0.258 e. The van der Waals surface area contributed by atoms with Crippen LogP contribution in [0.25, 0.3) is 0 Å². The Hall–Kier alpha value is -2.24. The van der Waals surface area contributed by atoms with Crippen molar-refractivity contribution in [1.29, 1.82) is 0 Å². The number of hydrogen-bond donors (Lipinski definition) is 2. The van der Waals surface area contributed by atoms with E-state index >= 15 is 0 Å². The number of rotatable bonds is 3. The molecule has 0 bridgehead atoms. The summed E-state index contributed by atoms with van der Waals surface area (Å²) in [5.41, 5.74) is 0.150. The van der Waals surface area contributed by atoms with Gasteiger partial charge in [-0.25, -0.2) is 0 Å². The standard InChI is InChI=1S/C14H18N2O4/c1-3-11-13(18)15-6-7-16(11)14(19)10-8-9(20-2)4-5-12(10)17/h4-5,8,11,17H,3,6-7H2,1-2H3,(H,15,18). The highest BCUT2D eigenvalue weighted by molar-refractivity contribution is 6.00. The Morgan fingerprint density at radius 3 is 2.95 bits per heavy atom. The van der Waals surface area contributed by atoms with Crippen LogP contribution in [0.1, 0.15) is 23.7 Å². The lowest BCUT2D eigenvalue weighted by molar-refractivity contribution is -0.127. The van der Waals surface area contributed by atoms with Crippen LogP contribution in [-0.4, -0.2) is 48.1 Å². The Morgan fingerprint density at radius 1 is 1.55 bits per heavy atom. The fourth-order valence-corrected chi connectivity index (χ4v) is 2.33. The number of phenolic OH excluding ortho intramolecular Hbond substituents is 1. The third-order valence-corrected chi connectivity index (χ3v) is 3.41. The van der Waals surface area contributed by atoms with Crippen LogP contribution < -0.4 is 10.1 Å². The number of hydrogen-bond acceptors (Lipinski definition) is 4. The highest BCUT2D eigenvalue weighted by Crippen LogP contribution is 2.25. The summed E-state index contributed by atoms with van der Waals surface area (Å²) in [5, 5.41) is 12.6. The van der Waals surface area contributed by atoms with Crippen molar-refractivity contribution in [1.82, 2.24) is 10.2 Å². The predicted octanol–water partition coefficient (Wildman–Crippen LogP) is 0.751. The van der Waals surface area contributed by atoms with Gasteiger partial charge in [0.05, 0.1) is 12.7 Å². The molecule has 6 heteroatoms. The highest BCUT2D eigenvalue weighted by Gasteiger charge is 2.33. The molecule has 0 aromatic heterocycles. The van der Waals surface area contributed by atoms with Crippen LogP contribution in [0.15, 0.2) is 18.2 Å². The second kappa shape index (κ2) is 5.81. The zero-order valence-corrected chi connectivity index (χ0v) is 11.5. The van der Waals surface area contributed by atoms with Gasteiger partial charge in [-0.05, 0) is 24.6 Å². The number of ether oxygens (including phenoxy) is 1. The quantitative estimate of drug-likeness (QED) is 0.855. The number of carbonyl (C=O) groups excluding carboxylic acids is 2. The van der Waals surface area contributed by atoms with Crippen molar-refractivity contribution in [2.24, 2.45) is 0 Å². The molecule has 1 aromatic carbocycles. The number of phenols is 1. The van der Waals surface area contributed by atoms with Gasteiger partial charge in [-0.15, -0.1) is 0 Å². The highest BCUT2D eigenvalue weighted by atomic mass is 16.5. The molecular formula is C14H18N2O4. The minimum atomic E-state index is -0.498. The maximum absolute atomic E-state index is 12.5. The van der Waals surface area contributed by atoms with Crippen LogP contribution >= 0.6 is 0 Å². The fraction of sp³-hybridized carbons (Fsp3) is 0.429. The van der Waals surface area contributed by atoms with Crippen LogP contribution in [-0.2, 0) is 4.79 Å². The minimum Gasteiger partial charge on any atom is -0.507 e. The first-order valence-corrected chi connectivity index (χ1v) is 6.54. The fourth-order valence-electron chi connectivity index (χ4n) is 2.33. The Bertz CT molecular complexity index is 530. The molecule has 1 heterocycles. The van der Waals surface area contributed by atoms with Crippen molar-refractivity contribution in [2.75, 3.05) is 20.2 Å². The molecule has 2 rings (SSSR count). The summed E-state index contributed by atoms with van der Waals surface area (Å²) in [6, 6.07) is 3.97. The van der Waals surface area contributed by atoms with Gasteiger partial charge in [0.2, 0.25) is 5.91 Å². The number of amides is 2. The zero-order chi connectivity index (χ0) is 14.7. The molecule has 6 nitrogen and oxygen atoms in total. The van der Waals surface area contributed by atoms with Gasteiger partial charge in [-0.3, -0.25) is 9.59 Å². The number of nitrogens with one attached hydrogen (secondary N) is 1. The molecule has 20 heavy (non-hydrogen) atoms. The summed E-state index contributed by atoms with van der Waals surface area (Å²) in [5.74, 6) is -0.144. The van der Waals surface area contributed by atoms with Crippen LogP contribution in [0.2, 0.25) is 0 Å². The molecule has 1 saturated heterocycles. The second-order valence-corrected chi connectivity index (χ2v) is 4.60. The van der Waals surface area contributed by atoms with Crippen LogP contribution in [0.5, 0.6) is 11.5 Å². The number of piperazine rings is 1. The normalized spacial score (nSPS) is 18.6. The Morgan fingerprint density at radius 2 is 2.30 bits per heavy atom. The molecule has 2 amide bonds. The lowest BCUT2D eigenvalue weighted by atomic mass is 10.1. The van der Waals surface area contributed by atoms with E-state index < -0.39 is 6.04 Å². The average Bonchev–Trinajstić information content (AvgIpc) is 2.46. The van der Waals surface area contributed by atoms with Crippen molar-refractivity contribution >= 4 is 11.8 Å². The monoisotopic (exact) mass is 278 g/mol. The third kappa shape index (κ3) is 2.54. The summed E-state index contributed by atoms with van der Waals surface area (Å²) < 4.78 is 5.06. The summed E-state index contributed by atoms with van der Waals surface area (Å²) in [7, 11) is 1.49. The van der Waals surface area contributed by atoms with Crippen molar-refractivity contribution in [3.8, 4) is 11.5 Å². The van der Waals surface area contributed by atoms with Crippen LogP contribution in [0.3, 0.4) is 0 Å². The van der Waals surface area contributed by atoms with E-state index in [1.165, 1.54) is 24.1 Å². The first-order chi connectivity index (χ1) is 9.58. The largest absolute Gasteiger partial charge is 0.507 e. The molecule has 1 aromatic rings. The van der Waals surface area contributed by atoms with E-state index in [2.05, 4.69) is 5.32 Å². The second-order valence-electron chi connectivity index (χ2n) is 4.60. The molecule has 2 N–H and O–H groups in total. The van der Waals surface area contributed by atoms with Crippen LogP contribution in [0.4, 0.5) is 0 Å². The van der Waals surface area contributed by atoms with Crippen molar-refractivity contribution in [2.45, 2.75) is 19.4 Å². The molecule has 1 aliphatic rings. The van der Waals surface area contributed by atoms with Gasteiger partial charge in [0.15, 0.2) is 0 Å². The van der Waals surface area contributed by atoms with E-state index in [9.17, 15) is 14.7 Å². The number of aromatic hydroxyl groups is 1. The maximum atomic E-state index is 12.5. The average molecular weight is 278 g/mol. The molecule has 0 spiro atoms. The van der Waals surface area contributed by atoms with Crippen molar-refractivity contribution in [3.63, 3.8) is 0 Å². The molecular weight excluding hydrogens is 260 g/mol. The zero-order valence-electron chi connectivity index (χ0n) is 11.5. The number of nitrogens with zero attached hydrogens (tertiary/aromatic N) is 1. The lowest BCUT2D eigenvalue weighted by Gasteiger charge is -2.34. The van der Waals surface area contributed by atoms with Gasteiger partial charge in [0.1, 0.15) is 17.5 Å². The first-order valence-electron chi connectivity index (χ1n) is 6.54. The molecule has 0 saturated carbocycles. The van der Waals surface area contributed by atoms with Gasteiger partial charge in [-0.2, -0.15) is 0 Å². The van der Waals surface area contributed by atoms with E-state index in [1.54, 1.807) is 6.07 Å². The van der Waals surface area contributed by atoms with Gasteiger partial charge >= 0.3 is 0 Å². The lowest BCUT2D eigenvalue weighted by Crippen LogP contribution is -2.56. The van der Waals surface area contributed by atoms with Crippen molar-refractivity contribution < 1.29 is 19.4 Å². The third-order valence-electron chi connectivity index (χ3n) is 3.41. The number of carbonyl (C=O) groups is 2. The molecule has 1 atom stereocenters. The van der Waals surface area contributed by atoms with Crippen molar-refractivity contribution in [3.05, 3.63) is 23.8 Å². The van der Waals surface area contributed by atoms with E-state index in [1.807, 2.05) is 6.92 Å². The van der Waals surface area contributed by atoms with Gasteiger partial charge in [0.25, 0.3) is 5.91 Å². The maximum Gasteiger partial charge on any atom is 0.258 e. The molecule has 0 radical (unpaired) electrons. The summed E-state index contributed by atoms with van der Waals surface area (Å²) in [4.78, 5) is 25.8. The number of methoxy groups -OCH3 is 1. The molecule has 0 aliphatic carbocycles. The molecule has 1 fully saturated rings. The summed E-state index contributed by atoms with van der Waals surface area (Å²) in [6.07, 6.45) is 0.530. The summed E-state index contributed by atoms with van der Waals surface area (Å²) in [6.45, 7) is 2.70. The van der Waals surface area contributed by atoms with Crippen LogP contribution in [0, 0.1) is 0 Å². The molecule has 1 aliphatic heterocycles. The SMILES string of the molecule is CCC1C(=O)NCCN1C(=O)c1cc(OC)ccc1O. The molecule has 108 valence electrons. The Labute approximate surface area is 117 Å². The Kier molecular flexibility index (Phi) is 4.12. The van der Waals surface area contributed by atoms with E-state index in [-0.39, 0.29) is 23.1 Å². The minimum absolute atomic E-state index is 0.114. The number of benzene rings is 1.